The molecule has 1 aromatic carbocycles. The van der Waals surface area contributed by atoms with Crippen LogP contribution in [0.1, 0.15) is 37.7 Å². The van der Waals surface area contributed by atoms with Gasteiger partial charge in [-0.1, -0.05) is 6.92 Å². The summed E-state index contributed by atoms with van der Waals surface area (Å²) in [6.45, 7) is 5.17. The van der Waals surface area contributed by atoms with Gasteiger partial charge < -0.3 is 4.90 Å². The van der Waals surface area contributed by atoms with Crippen LogP contribution in [-0.2, 0) is 11.3 Å². The molecule has 0 aliphatic carbocycles. The topological polar surface area (TPSA) is 74.8 Å². The van der Waals surface area contributed by atoms with Gasteiger partial charge >= 0.3 is 0 Å². The molecule has 0 fully saturated rings. The molecule has 1 aliphatic heterocycles. The molecule has 1 aliphatic rings. The maximum absolute atomic E-state index is 12.5. The fraction of sp³-hybridized carbons (Fsp3) is 0.375. The lowest BCUT2D eigenvalue weighted by molar-refractivity contribution is -0.136. The van der Waals surface area contributed by atoms with E-state index in [0.717, 1.165) is 24.4 Å². The zero-order chi connectivity index (χ0) is 15.7. The Morgan fingerprint density at radius 1 is 1.32 bits per heavy atom. The lowest BCUT2D eigenvalue weighted by Crippen LogP contribution is -2.42. The van der Waals surface area contributed by atoms with Crippen molar-refractivity contribution in [3.63, 3.8) is 0 Å². The van der Waals surface area contributed by atoms with Gasteiger partial charge in [0.15, 0.2) is 11.6 Å². The first kappa shape index (κ1) is 14.3. The second kappa shape index (κ2) is 5.60. The number of amides is 1. The van der Waals surface area contributed by atoms with Crippen LogP contribution in [0.3, 0.4) is 0 Å². The summed E-state index contributed by atoms with van der Waals surface area (Å²) in [6, 6.07) is 8.95. The van der Waals surface area contributed by atoms with Gasteiger partial charge in [-0.05, 0) is 37.6 Å². The number of carbonyl (C=O) groups excluding carboxylic acids is 1. The van der Waals surface area contributed by atoms with Crippen molar-refractivity contribution in [3.05, 3.63) is 35.7 Å². The van der Waals surface area contributed by atoms with Crippen molar-refractivity contribution in [1.29, 1.82) is 5.26 Å². The first-order chi connectivity index (χ1) is 10.7. The summed E-state index contributed by atoms with van der Waals surface area (Å²) in [6.07, 6.45) is 0.926. The number of aromatic nitrogens is 3. The normalized spacial score (nSPS) is 17.2. The van der Waals surface area contributed by atoms with Gasteiger partial charge in [0.25, 0.3) is 0 Å². The van der Waals surface area contributed by atoms with Crippen molar-refractivity contribution < 1.29 is 4.79 Å². The van der Waals surface area contributed by atoms with Crippen LogP contribution in [0.4, 0.5) is 0 Å². The number of nitrogens with zero attached hydrogens (tertiary/aromatic N) is 5. The third-order valence-electron chi connectivity index (χ3n) is 3.92. The Balaban J connectivity index is 2.00. The number of carbonyl (C=O) groups is 1. The SMILES string of the molecule is CCCN1Cc2nnc(-c3ccc(C#N)cc3)n2[C@@H](C)C1=O. The van der Waals surface area contributed by atoms with E-state index >= 15 is 0 Å². The standard InChI is InChI=1S/C16H17N5O/c1-3-8-20-10-14-18-19-15(21(14)11(2)16(20)22)13-6-4-12(9-17)5-7-13/h4-7,11H,3,8,10H2,1-2H3/t11-/m0/s1. The summed E-state index contributed by atoms with van der Waals surface area (Å²) >= 11 is 0. The number of rotatable bonds is 3. The minimum atomic E-state index is -0.309. The molecule has 6 nitrogen and oxygen atoms in total. The monoisotopic (exact) mass is 295 g/mol. The molecular weight excluding hydrogens is 278 g/mol. The molecule has 1 amide bonds. The number of fused-ring (bicyclic) bond motifs is 1. The predicted molar refractivity (Wildman–Crippen MR) is 80.6 cm³/mol. The van der Waals surface area contributed by atoms with Gasteiger partial charge in [-0.3, -0.25) is 9.36 Å². The maximum atomic E-state index is 12.5. The minimum Gasteiger partial charge on any atom is -0.333 e. The van der Waals surface area contributed by atoms with Gasteiger partial charge in [-0.25, -0.2) is 0 Å². The van der Waals surface area contributed by atoms with Gasteiger partial charge in [-0.15, -0.1) is 10.2 Å². The van der Waals surface area contributed by atoms with Gasteiger partial charge in [-0.2, -0.15) is 5.26 Å². The van der Waals surface area contributed by atoms with E-state index in [1.54, 1.807) is 12.1 Å². The highest BCUT2D eigenvalue weighted by atomic mass is 16.2. The van der Waals surface area contributed by atoms with Crippen LogP contribution in [0, 0.1) is 11.3 Å². The average molecular weight is 295 g/mol. The zero-order valence-corrected chi connectivity index (χ0v) is 12.7. The summed E-state index contributed by atoms with van der Waals surface area (Å²) in [5, 5.41) is 17.4. The van der Waals surface area contributed by atoms with Gasteiger partial charge in [0.1, 0.15) is 6.04 Å². The smallest absolute Gasteiger partial charge is 0.245 e. The molecule has 2 aromatic rings. The molecule has 0 N–H and O–H groups in total. The Kier molecular flexibility index (Phi) is 3.63. The van der Waals surface area contributed by atoms with Gasteiger partial charge in [0.2, 0.25) is 5.91 Å². The highest BCUT2D eigenvalue weighted by Gasteiger charge is 2.32. The highest BCUT2D eigenvalue weighted by molar-refractivity contribution is 5.82. The second-order valence-electron chi connectivity index (χ2n) is 5.43. The lowest BCUT2D eigenvalue weighted by atomic mass is 10.1. The first-order valence-corrected chi connectivity index (χ1v) is 7.38. The van der Waals surface area contributed by atoms with E-state index in [0.29, 0.717) is 17.9 Å². The molecule has 112 valence electrons. The van der Waals surface area contributed by atoms with Crippen LogP contribution < -0.4 is 0 Å². The molecule has 0 saturated heterocycles. The van der Waals surface area contributed by atoms with Crippen LogP contribution in [0.25, 0.3) is 11.4 Å². The summed E-state index contributed by atoms with van der Waals surface area (Å²) in [5.74, 6) is 1.58. The maximum Gasteiger partial charge on any atom is 0.245 e. The number of benzene rings is 1. The second-order valence-corrected chi connectivity index (χ2v) is 5.43. The van der Waals surface area contributed by atoms with E-state index in [9.17, 15) is 4.79 Å². The Morgan fingerprint density at radius 2 is 2.05 bits per heavy atom. The molecule has 0 radical (unpaired) electrons. The largest absolute Gasteiger partial charge is 0.333 e. The highest BCUT2D eigenvalue weighted by Crippen LogP contribution is 2.28. The van der Waals surface area contributed by atoms with E-state index in [4.69, 9.17) is 5.26 Å². The summed E-state index contributed by atoms with van der Waals surface area (Å²) < 4.78 is 1.90. The Hall–Kier alpha value is -2.68. The van der Waals surface area contributed by atoms with Crippen LogP contribution in [-0.4, -0.2) is 32.1 Å². The van der Waals surface area contributed by atoms with E-state index in [2.05, 4.69) is 23.2 Å². The zero-order valence-electron chi connectivity index (χ0n) is 12.7. The molecule has 3 rings (SSSR count). The molecule has 0 bridgehead atoms. The fourth-order valence-electron chi connectivity index (χ4n) is 2.81. The van der Waals surface area contributed by atoms with Crippen LogP contribution in [0.5, 0.6) is 0 Å². The van der Waals surface area contributed by atoms with Crippen LogP contribution in [0.15, 0.2) is 24.3 Å². The minimum absolute atomic E-state index is 0.101. The number of nitriles is 1. The van der Waals surface area contributed by atoms with Crippen molar-refractivity contribution in [2.75, 3.05) is 6.54 Å². The Labute approximate surface area is 129 Å². The van der Waals surface area contributed by atoms with E-state index in [1.807, 2.05) is 28.5 Å². The summed E-state index contributed by atoms with van der Waals surface area (Å²) in [4.78, 5) is 14.3. The first-order valence-electron chi connectivity index (χ1n) is 7.38. The van der Waals surface area contributed by atoms with Gasteiger partial charge in [0.05, 0.1) is 18.2 Å². The molecule has 6 heteroatoms. The third kappa shape index (κ3) is 2.25. The van der Waals surface area contributed by atoms with Crippen molar-refractivity contribution >= 4 is 5.91 Å². The van der Waals surface area contributed by atoms with Crippen molar-refractivity contribution in [2.24, 2.45) is 0 Å². The Bertz CT molecular complexity index is 741. The van der Waals surface area contributed by atoms with Crippen LogP contribution in [0.2, 0.25) is 0 Å². The number of hydrogen-bond acceptors (Lipinski definition) is 4. The third-order valence-corrected chi connectivity index (χ3v) is 3.92. The molecular formula is C16H17N5O. The molecule has 22 heavy (non-hydrogen) atoms. The van der Waals surface area contributed by atoms with Crippen molar-refractivity contribution in [1.82, 2.24) is 19.7 Å². The average Bonchev–Trinajstić information content (AvgIpc) is 2.96. The van der Waals surface area contributed by atoms with E-state index < -0.39 is 0 Å². The molecule has 1 aromatic heterocycles. The fourth-order valence-corrected chi connectivity index (χ4v) is 2.81. The molecule has 0 saturated carbocycles. The molecule has 1 atom stereocenters. The molecule has 2 heterocycles. The molecule has 0 spiro atoms. The Morgan fingerprint density at radius 3 is 2.68 bits per heavy atom. The van der Waals surface area contributed by atoms with Gasteiger partial charge in [0, 0.05) is 12.1 Å². The summed E-state index contributed by atoms with van der Waals surface area (Å²) in [5.41, 5.74) is 1.46. The number of hydrogen-bond donors (Lipinski definition) is 0. The summed E-state index contributed by atoms with van der Waals surface area (Å²) in [7, 11) is 0. The predicted octanol–water partition coefficient (Wildman–Crippen LogP) is 2.13. The van der Waals surface area contributed by atoms with E-state index in [1.165, 1.54) is 0 Å². The van der Waals surface area contributed by atoms with E-state index in [-0.39, 0.29) is 11.9 Å². The molecule has 0 unspecified atom stereocenters. The lowest BCUT2D eigenvalue weighted by Gasteiger charge is -2.31. The van der Waals surface area contributed by atoms with Crippen molar-refractivity contribution in [3.8, 4) is 17.5 Å². The van der Waals surface area contributed by atoms with Crippen molar-refractivity contribution in [2.45, 2.75) is 32.9 Å². The van der Waals surface area contributed by atoms with Crippen LogP contribution >= 0.6 is 0 Å². The quantitative estimate of drug-likeness (QED) is 0.869.